The van der Waals surface area contributed by atoms with Crippen LogP contribution in [0, 0.1) is 12.3 Å². The average molecular weight is 310 g/mol. The minimum absolute atomic E-state index is 0.0462. The van der Waals surface area contributed by atoms with E-state index in [9.17, 15) is 9.59 Å². The molecule has 1 unspecified atom stereocenters. The van der Waals surface area contributed by atoms with Gasteiger partial charge in [0, 0.05) is 12.8 Å². The Bertz CT molecular complexity index is 565. The molecule has 6 heteroatoms. The van der Waals surface area contributed by atoms with Crippen LogP contribution < -0.4 is 10.1 Å². The van der Waals surface area contributed by atoms with E-state index in [1.165, 1.54) is 7.11 Å². The number of aryl methyl sites for hydroxylation is 1. The van der Waals surface area contributed by atoms with Crippen LogP contribution in [-0.4, -0.2) is 30.1 Å². The molecule has 21 heavy (non-hydrogen) atoms. The molecule has 5 nitrogen and oxygen atoms in total. The Morgan fingerprint density at radius 1 is 1.52 bits per heavy atom. The number of rotatable bonds is 7. The van der Waals surface area contributed by atoms with Crippen molar-refractivity contribution in [3.63, 3.8) is 0 Å². The first-order valence-electron chi connectivity index (χ1n) is 6.26. The SMILES string of the molecule is C#CCC(NC(=O)CCc1ccc(OC)c(Cl)c1)C(=O)O. The first kappa shape index (κ1) is 16.9. The topological polar surface area (TPSA) is 75.6 Å². The van der Waals surface area contributed by atoms with Gasteiger partial charge in [0.2, 0.25) is 5.91 Å². The molecule has 1 amide bonds. The molecule has 1 aromatic carbocycles. The number of benzene rings is 1. The van der Waals surface area contributed by atoms with Crippen LogP contribution in [0.3, 0.4) is 0 Å². The van der Waals surface area contributed by atoms with Gasteiger partial charge in [0.25, 0.3) is 0 Å². The Kier molecular flexibility index (Phi) is 6.57. The van der Waals surface area contributed by atoms with Gasteiger partial charge in [0.15, 0.2) is 0 Å². The number of hydrogen-bond acceptors (Lipinski definition) is 3. The van der Waals surface area contributed by atoms with Crippen molar-refractivity contribution in [2.45, 2.75) is 25.3 Å². The molecule has 1 aromatic rings. The zero-order valence-electron chi connectivity index (χ0n) is 11.6. The number of carbonyl (C=O) groups is 2. The molecule has 0 heterocycles. The molecule has 0 aromatic heterocycles. The number of nitrogens with one attached hydrogen (secondary N) is 1. The van der Waals surface area contributed by atoms with Gasteiger partial charge in [-0.15, -0.1) is 12.3 Å². The van der Waals surface area contributed by atoms with Gasteiger partial charge >= 0.3 is 5.97 Å². The molecule has 2 N–H and O–H groups in total. The molecule has 0 saturated carbocycles. The molecular weight excluding hydrogens is 294 g/mol. The summed E-state index contributed by atoms with van der Waals surface area (Å²) in [5, 5.41) is 11.7. The Morgan fingerprint density at radius 2 is 2.24 bits per heavy atom. The van der Waals surface area contributed by atoms with Crippen LogP contribution in [0.1, 0.15) is 18.4 Å². The van der Waals surface area contributed by atoms with E-state index in [4.69, 9.17) is 27.9 Å². The minimum Gasteiger partial charge on any atom is -0.495 e. The van der Waals surface area contributed by atoms with Crippen LogP contribution in [0.15, 0.2) is 18.2 Å². The number of hydrogen-bond donors (Lipinski definition) is 2. The number of amides is 1. The molecular formula is C15H16ClNO4. The summed E-state index contributed by atoms with van der Waals surface area (Å²) in [5.41, 5.74) is 0.861. The van der Waals surface area contributed by atoms with Crippen LogP contribution in [0.2, 0.25) is 5.02 Å². The van der Waals surface area contributed by atoms with Crippen molar-refractivity contribution >= 4 is 23.5 Å². The number of methoxy groups -OCH3 is 1. The van der Waals surface area contributed by atoms with E-state index >= 15 is 0 Å². The second kappa shape index (κ2) is 8.18. The fourth-order valence-corrected chi connectivity index (χ4v) is 1.99. The van der Waals surface area contributed by atoms with Gasteiger partial charge in [-0.05, 0) is 24.1 Å². The summed E-state index contributed by atoms with van der Waals surface area (Å²) in [5.74, 6) is 1.27. The maximum atomic E-state index is 11.7. The molecule has 1 atom stereocenters. The van der Waals surface area contributed by atoms with Gasteiger partial charge < -0.3 is 15.2 Å². The Labute approximate surface area is 128 Å². The molecule has 112 valence electrons. The average Bonchev–Trinajstić information content (AvgIpc) is 2.44. The highest BCUT2D eigenvalue weighted by Gasteiger charge is 2.18. The van der Waals surface area contributed by atoms with Gasteiger partial charge in [-0.25, -0.2) is 4.79 Å². The molecule has 0 bridgehead atoms. The third kappa shape index (κ3) is 5.36. The molecule has 0 radical (unpaired) electrons. The standard InChI is InChI=1S/C15H16ClNO4/c1-3-4-12(15(19)20)17-14(18)8-6-10-5-7-13(21-2)11(16)9-10/h1,5,7,9,12H,4,6,8H2,2H3,(H,17,18)(H,19,20). The molecule has 1 rings (SSSR count). The Morgan fingerprint density at radius 3 is 2.76 bits per heavy atom. The van der Waals surface area contributed by atoms with E-state index in [2.05, 4.69) is 11.2 Å². The summed E-state index contributed by atoms with van der Waals surface area (Å²) < 4.78 is 5.04. The monoisotopic (exact) mass is 309 g/mol. The quantitative estimate of drug-likeness (QED) is 0.754. The Balaban J connectivity index is 2.55. The van der Waals surface area contributed by atoms with E-state index in [0.29, 0.717) is 17.2 Å². The normalized spacial score (nSPS) is 11.3. The molecule has 0 spiro atoms. The summed E-state index contributed by atoms with van der Waals surface area (Å²) in [6.45, 7) is 0. The maximum absolute atomic E-state index is 11.7. The molecule has 0 aliphatic rings. The smallest absolute Gasteiger partial charge is 0.327 e. The molecule has 0 saturated heterocycles. The van der Waals surface area contributed by atoms with Crippen LogP contribution in [0.4, 0.5) is 0 Å². The lowest BCUT2D eigenvalue weighted by Gasteiger charge is -2.12. The van der Waals surface area contributed by atoms with E-state index in [1.807, 2.05) is 0 Å². The lowest BCUT2D eigenvalue weighted by molar-refractivity contribution is -0.141. The first-order valence-corrected chi connectivity index (χ1v) is 6.63. The van der Waals surface area contributed by atoms with Gasteiger partial charge in [-0.1, -0.05) is 17.7 Å². The van der Waals surface area contributed by atoms with Gasteiger partial charge in [-0.3, -0.25) is 4.79 Å². The summed E-state index contributed by atoms with van der Waals surface area (Å²) in [7, 11) is 1.52. The fourth-order valence-electron chi connectivity index (χ4n) is 1.71. The summed E-state index contributed by atoms with van der Waals surface area (Å²) in [6.07, 6.45) is 5.61. The van der Waals surface area contributed by atoms with Crippen molar-refractivity contribution in [3.05, 3.63) is 28.8 Å². The third-order valence-corrected chi connectivity index (χ3v) is 3.11. The third-order valence-electron chi connectivity index (χ3n) is 2.81. The van der Waals surface area contributed by atoms with Crippen LogP contribution >= 0.6 is 11.6 Å². The Hall–Kier alpha value is -2.19. The lowest BCUT2D eigenvalue weighted by atomic mass is 10.1. The van der Waals surface area contributed by atoms with Crippen molar-refractivity contribution < 1.29 is 19.4 Å². The lowest BCUT2D eigenvalue weighted by Crippen LogP contribution is -2.40. The molecule has 0 aliphatic heterocycles. The van der Waals surface area contributed by atoms with Gasteiger partial charge in [-0.2, -0.15) is 0 Å². The predicted molar refractivity (Wildman–Crippen MR) is 79.3 cm³/mol. The fraction of sp³-hybridized carbons (Fsp3) is 0.333. The second-order valence-electron chi connectivity index (χ2n) is 4.34. The van der Waals surface area contributed by atoms with Crippen molar-refractivity contribution in [2.75, 3.05) is 7.11 Å². The second-order valence-corrected chi connectivity index (χ2v) is 4.74. The number of terminal acetylenes is 1. The van der Waals surface area contributed by atoms with Crippen LogP contribution in [0.25, 0.3) is 0 Å². The van der Waals surface area contributed by atoms with E-state index < -0.39 is 12.0 Å². The zero-order valence-corrected chi connectivity index (χ0v) is 12.3. The maximum Gasteiger partial charge on any atom is 0.327 e. The van der Waals surface area contributed by atoms with Crippen molar-refractivity contribution in [1.82, 2.24) is 5.32 Å². The van der Waals surface area contributed by atoms with Crippen LogP contribution in [-0.2, 0) is 16.0 Å². The molecule has 0 aliphatic carbocycles. The van der Waals surface area contributed by atoms with Crippen LogP contribution in [0.5, 0.6) is 5.75 Å². The number of carboxylic acid groups (broad SMARTS) is 1. The number of carboxylic acids is 1. The highest BCUT2D eigenvalue weighted by molar-refractivity contribution is 6.32. The van der Waals surface area contributed by atoms with Crippen molar-refractivity contribution in [1.29, 1.82) is 0 Å². The highest BCUT2D eigenvalue weighted by atomic mass is 35.5. The van der Waals surface area contributed by atoms with Gasteiger partial charge in [0.1, 0.15) is 11.8 Å². The minimum atomic E-state index is -1.14. The van der Waals surface area contributed by atoms with Gasteiger partial charge in [0.05, 0.1) is 12.1 Å². The number of halogens is 1. The van der Waals surface area contributed by atoms with E-state index in [1.54, 1.807) is 18.2 Å². The highest BCUT2D eigenvalue weighted by Crippen LogP contribution is 2.25. The van der Waals surface area contributed by atoms with Crippen molar-refractivity contribution in [3.8, 4) is 18.1 Å². The summed E-state index contributed by atoms with van der Waals surface area (Å²) in [4.78, 5) is 22.6. The number of carbonyl (C=O) groups excluding carboxylic acids is 1. The first-order chi connectivity index (χ1) is 9.97. The summed E-state index contributed by atoms with van der Waals surface area (Å²) in [6, 6.07) is 4.17. The number of aliphatic carboxylic acids is 1. The van der Waals surface area contributed by atoms with E-state index in [-0.39, 0.29) is 18.7 Å². The summed E-state index contributed by atoms with van der Waals surface area (Å²) >= 11 is 5.99. The van der Waals surface area contributed by atoms with E-state index in [0.717, 1.165) is 5.56 Å². The van der Waals surface area contributed by atoms with Crippen molar-refractivity contribution in [2.24, 2.45) is 0 Å². The number of ether oxygens (including phenoxy) is 1. The predicted octanol–water partition coefficient (Wildman–Crippen LogP) is 1.87. The molecule has 0 fully saturated rings. The largest absolute Gasteiger partial charge is 0.495 e. The zero-order chi connectivity index (χ0) is 15.8.